The van der Waals surface area contributed by atoms with E-state index in [2.05, 4.69) is 16.3 Å². The Balaban J connectivity index is 1.76. The molecule has 1 aliphatic heterocycles. The number of carbonyl (C=O) groups is 1. The highest BCUT2D eigenvalue weighted by Crippen LogP contribution is 2.47. The van der Waals surface area contributed by atoms with Crippen molar-refractivity contribution in [3.05, 3.63) is 29.7 Å². The number of phenolic OH excluding ortho intramolecular Hbond substituents is 1. The van der Waals surface area contributed by atoms with Crippen molar-refractivity contribution in [3.8, 4) is 23.1 Å². The summed E-state index contributed by atoms with van der Waals surface area (Å²) in [6.45, 7) is -0.631. The number of rotatable bonds is 3. The predicted octanol–water partition coefficient (Wildman–Crippen LogP) is 0.729. The molecule has 2 aromatic rings. The second kappa shape index (κ2) is 5.43. The summed E-state index contributed by atoms with van der Waals surface area (Å²) in [7, 11) is -4.27. The van der Waals surface area contributed by atoms with Crippen LogP contribution in [0.15, 0.2) is 18.2 Å². The molecular formula is C15H12FN5O4S. The van der Waals surface area contributed by atoms with Crippen LogP contribution in [0.25, 0.3) is 11.3 Å². The molecule has 1 saturated carbocycles. The molecule has 9 nitrogen and oxygen atoms in total. The monoisotopic (exact) mass is 377 g/mol. The van der Waals surface area contributed by atoms with E-state index in [1.807, 2.05) is 0 Å². The van der Waals surface area contributed by atoms with E-state index in [1.165, 1.54) is 6.07 Å². The van der Waals surface area contributed by atoms with Crippen molar-refractivity contribution in [1.29, 1.82) is 5.26 Å². The van der Waals surface area contributed by atoms with Gasteiger partial charge in [-0.15, -0.1) is 0 Å². The van der Waals surface area contributed by atoms with E-state index in [1.54, 1.807) is 10.8 Å². The lowest BCUT2D eigenvalue weighted by Gasteiger charge is -2.18. The van der Waals surface area contributed by atoms with Crippen molar-refractivity contribution in [1.82, 2.24) is 14.9 Å². The van der Waals surface area contributed by atoms with Gasteiger partial charge in [0.1, 0.15) is 18.0 Å². The molecule has 1 amide bonds. The van der Waals surface area contributed by atoms with Gasteiger partial charge in [-0.3, -0.25) is 9.89 Å². The minimum Gasteiger partial charge on any atom is -0.506 e. The number of nitriles is 1. The number of nitrogens with zero attached hydrogens (tertiary/aromatic N) is 3. The summed E-state index contributed by atoms with van der Waals surface area (Å²) in [6, 6.07) is 6.13. The molecule has 2 atom stereocenters. The first-order valence-electron chi connectivity index (χ1n) is 7.62. The summed E-state index contributed by atoms with van der Waals surface area (Å²) >= 11 is 0. The lowest BCUT2D eigenvalue weighted by atomic mass is 10.1. The quantitative estimate of drug-likeness (QED) is 0.720. The second-order valence-electron chi connectivity index (χ2n) is 6.12. The summed E-state index contributed by atoms with van der Waals surface area (Å²) in [5.41, 5.74) is 0.236. The number of halogens is 1. The first kappa shape index (κ1) is 16.3. The number of H-pyrrole nitrogens is 1. The fourth-order valence-corrected chi connectivity index (χ4v) is 4.14. The van der Waals surface area contributed by atoms with Crippen molar-refractivity contribution in [3.63, 3.8) is 0 Å². The standard InChI is InChI=1S/C15H12FN5O4S/c16-14-8(10-4-11(19-18-10)9-3-7(9)5-17)1-2-12(22)15(14)21-6-13(23)20-26(21,24)25/h1-2,4,7,9,22H,3,6H2,(H,18,19)(H,20,23). The van der Waals surface area contributed by atoms with Gasteiger partial charge in [0.15, 0.2) is 5.82 Å². The zero-order valence-corrected chi connectivity index (χ0v) is 13.9. The topological polar surface area (TPSA) is 139 Å². The molecule has 26 heavy (non-hydrogen) atoms. The van der Waals surface area contributed by atoms with Crippen molar-refractivity contribution in [2.45, 2.75) is 12.3 Å². The third-order valence-corrected chi connectivity index (χ3v) is 5.77. The average Bonchev–Trinajstić information content (AvgIpc) is 3.11. The molecule has 0 spiro atoms. The lowest BCUT2D eigenvalue weighted by Crippen LogP contribution is -2.30. The Kier molecular flexibility index (Phi) is 3.42. The largest absolute Gasteiger partial charge is 0.506 e. The van der Waals surface area contributed by atoms with Crippen molar-refractivity contribution in [2.75, 3.05) is 10.8 Å². The highest BCUT2D eigenvalue weighted by molar-refractivity contribution is 7.92. The maximum absolute atomic E-state index is 15.0. The predicted molar refractivity (Wildman–Crippen MR) is 86.5 cm³/mol. The summed E-state index contributed by atoms with van der Waals surface area (Å²) in [5, 5.41) is 25.6. The van der Waals surface area contributed by atoms with Gasteiger partial charge in [0.2, 0.25) is 0 Å². The van der Waals surface area contributed by atoms with Gasteiger partial charge in [0, 0.05) is 17.2 Å². The Morgan fingerprint density at radius 1 is 1.42 bits per heavy atom. The van der Waals surface area contributed by atoms with Crippen LogP contribution in [0, 0.1) is 23.1 Å². The van der Waals surface area contributed by atoms with Crippen LogP contribution >= 0.6 is 0 Å². The van der Waals surface area contributed by atoms with Crippen LogP contribution in [0.4, 0.5) is 10.1 Å². The molecule has 2 unspecified atom stereocenters. The fraction of sp³-hybridized carbons (Fsp3) is 0.267. The molecule has 0 bridgehead atoms. The van der Waals surface area contributed by atoms with E-state index in [0.29, 0.717) is 16.4 Å². The molecule has 1 aromatic heterocycles. The normalized spacial score (nSPS) is 23.5. The van der Waals surface area contributed by atoms with Crippen LogP contribution < -0.4 is 9.03 Å². The summed E-state index contributed by atoms with van der Waals surface area (Å²) in [6.07, 6.45) is 0.696. The van der Waals surface area contributed by atoms with Crippen molar-refractivity contribution < 1.29 is 22.7 Å². The van der Waals surface area contributed by atoms with E-state index in [-0.39, 0.29) is 23.1 Å². The summed E-state index contributed by atoms with van der Waals surface area (Å²) in [5.74, 6) is -2.55. The maximum Gasteiger partial charge on any atom is 0.326 e. The van der Waals surface area contributed by atoms with Gasteiger partial charge in [-0.2, -0.15) is 18.8 Å². The molecule has 134 valence electrons. The van der Waals surface area contributed by atoms with Gasteiger partial charge in [-0.25, -0.2) is 13.4 Å². The van der Waals surface area contributed by atoms with Crippen molar-refractivity contribution in [2.24, 2.45) is 5.92 Å². The number of hydrogen-bond acceptors (Lipinski definition) is 6. The fourth-order valence-electron chi connectivity index (χ4n) is 2.98. The van der Waals surface area contributed by atoms with Gasteiger partial charge in [-0.05, 0) is 24.6 Å². The first-order chi connectivity index (χ1) is 12.3. The molecule has 1 aliphatic carbocycles. The Labute approximate surface area is 147 Å². The number of nitrogens with one attached hydrogen (secondary N) is 2. The van der Waals surface area contributed by atoms with Gasteiger partial charge >= 0.3 is 10.2 Å². The number of anilines is 1. The van der Waals surface area contributed by atoms with Crippen LogP contribution in [0.3, 0.4) is 0 Å². The van der Waals surface area contributed by atoms with Crippen LogP contribution in [0.1, 0.15) is 18.0 Å². The molecule has 0 radical (unpaired) electrons. The number of phenols is 1. The Morgan fingerprint density at radius 2 is 2.19 bits per heavy atom. The van der Waals surface area contributed by atoms with Gasteiger partial charge in [0.05, 0.1) is 17.7 Å². The number of carbonyl (C=O) groups excluding carboxylic acids is 1. The average molecular weight is 377 g/mol. The second-order valence-corrected chi connectivity index (χ2v) is 7.71. The van der Waals surface area contributed by atoms with E-state index >= 15 is 0 Å². The molecule has 2 fully saturated rings. The van der Waals surface area contributed by atoms with E-state index in [4.69, 9.17) is 5.26 Å². The molecule has 11 heteroatoms. The van der Waals surface area contributed by atoms with E-state index in [9.17, 15) is 22.7 Å². The number of aromatic hydroxyl groups is 1. The molecule has 4 rings (SSSR count). The molecule has 1 aromatic carbocycles. The van der Waals surface area contributed by atoms with Crippen LogP contribution in [-0.2, 0) is 15.0 Å². The number of aromatic nitrogens is 2. The number of amides is 1. The summed E-state index contributed by atoms with van der Waals surface area (Å²) < 4.78 is 41.1. The van der Waals surface area contributed by atoms with Gasteiger partial charge in [0.25, 0.3) is 5.91 Å². The van der Waals surface area contributed by atoms with Crippen LogP contribution in [0.5, 0.6) is 5.75 Å². The molecule has 3 N–H and O–H groups in total. The van der Waals surface area contributed by atoms with E-state index in [0.717, 1.165) is 6.07 Å². The van der Waals surface area contributed by atoms with Crippen LogP contribution in [0.2, 0.25) is 0 Å². The number of hydrogen-bond donors (Lipinski definition) is 3. The van der Waals surface area contributed by atoms with Crippen molar-refractivity contribution >= 4 is 21.8 Å². The molecule has 1 saturated heterocycles. The molecular weight excluding hydrogens is 365 g/mol. The minimum atomic E-state index is -4.27. The smallest absolute Gasteiger partial charge is 0.326 e. The van der Waals surface area contributed by atoms with E-state index < -0.39 is 39.9 Å². The molecule has 2 heterocycles. The minimum absolute atomic E-state index is 0.0154. The third kappa shape index (κ3) is 2.46. The van der Waals surface area contributed by atoms with Crippen LogP contribution in [-0.4, -0.2) is 36.2 Å². The number of benzene rings is 1. The Hall–Kier alpha value is -3.13. The maximum atomic E-state index is 15.0. The molecule has 2 aliphatic rings. The van der Waals surface area contributed by atoms with Gasteiger partial charge in [-0.1, -0.05) is 0 Å². The SMILES string of the molecule is N#CC1CC1c1cc(-c2ccc(O)c(N3CC(=O)NS3(=O)=O)c2F)n[nH]1. The first-order valence-corrected chi connectivity index (χ1v) is 9.06. The summed E-state index contributed by atoms with van der Waals surface area (Å²) in [4.78, 5) is 11.4. The highest BCUT2D eigenvalue weighted by Gasteiger charge is 2.41. The number of aromatic amines is 1. The lowest BCUT2D eigenvalue weighted by molar-refractivity contribution is -0.117. The Bertz CT molecular complexity index is 1070. The zero-order chi connectivity index (χ0) is 18.6. The zero-order valence-electron chi connectivity index (χ0n) is 13.1. The van der Waals surface area contributed by atoms with Gasteiger partial charge < -0.3 is 5.11 Å². The highest BCUT2D eigenvalue weighted by atomic mass is 32.2. The Morgan fingerprint density at radius 3 is 2.81 bits per heavy atom. The third-order valence-electron chi connectivity index (χ3n) is 4.39.